The Morgan fingerprint density at radius 2 is 1.56 bits per heavy atom. The molecule has 0 aromatic carbocycles. The molecule has 0 fully saturated rings. The highest BCUT2D eigenvalue weighted by molar-refractivity contribution is 5.85. The highest BCUT2D eigenvalue weighted by Gasteiger charge is 2.76. The van der Waals surface area contributed by atoms with Crippen LogP contribution in [0, 0.1) is 0 Å². The van der Waals surface area contributed by atoms with E-state index in [1.807, 2.05) is 0 Å². The van der Waals surface area contributed by atoms with Crippen molar-refractivity contribution in [2.24, 2.45) is 0 Å². The predicted octanol–water partition coefficient (Wildman–Crippen LogP) is 2.87. The fourth-order valence-corrected chi connectivity index (χ4v) is 0.637. The first kappa shape index (κ1) is 16.5. The molecule has 3 nitrogen and oxygen atoms in total. The zero-order valence-electron chi connectivity index (χ0n) is 8.78. The van der Waals surface area contributed by atoms with E-state index in [2.05, 4.69) is 16.1 Å². The molecule has 0 aliphatic carbocycles. The molecule has 0 N–H and O–H groups in total. The number of rotatable bonds is 5. The summed E-state index contributed by atoms with van der Waals surface area (Å²) in [5.41, 5.74) is 0. The number of carbonyl (C=O) groups is 1. The third kappa shape index (κ3) is 3.26. The maximum absolute atomic E-state index is 12.6. The van der Waals surface area contributed by atoms with Gasteiger partial charge in [0, 0.05) is 0 Å². The zero-order valence-corrected chi connectivity index (χ0v) is 8.78. The lowest BCUT2D eigenvalue weighted by molar-refractivity contribution is -0.415. The third-order valence-corrected chi connectivity index (χ3v) is 1.48. The van der Waals surface area contributed by atoms with Crippen molar-refractivity contribution < 1.29 is 45.0 Å². The first-order chi connectivity index (χ1) is 7.87. The molecule has 0 saturated carbocycles. The van der Waals surface area contributed by atoms with Crippen LogP contribution in [0.5, 0.6) is 0 Å². The highest BCUT2D eigenvalue weighted by Crippen LogP contribution is 2.47. The lowest BCUT2D eigenvalue weighted by Gasteiger charge is -2.27. The molecule has 0 atom stereocenters. The summed E-state index contributed by atoms with van der Waals surface area (Å²) in [7, 11) is 0. The van der Waals surface area contributed by atoms with E-state index >= 15 is 0 Å². The van der Waals surface area contributed by atoms with E-state index < -0.39 is 29.9 Å². The molecule has 0 aromatic heterocycles. The molecule has 0 aliphatic heterocycles. The average Bonchev–Trinajstić information content (AvgIpc) is 2.15. The first-order valence-electron chi connectivity index (χ1n) is 4.24. The van der Waals surface area contributed by atoms with Gasteiger partial charge in [-0.05, 0) is 13.5 Å². The van der Waals surface area contributed by atoms with Gasteiger partial charge in [0.1, 0.15) is 0 Å². The standard InChI is InChI=1S/C8H7F7O3/c1-3-17-5(16)4(2)18-8(14,15)6(9,10)7(11,12)13/h2-3H2,1H3. The van der Waals surface area contributed by atoms with Crippen LogP contribution < -0.4 is 0 Å². The number of hydrogen-bond acceptors (Lipinski definition) is 3. The van der Waals surface area contributed by atoms with E-state index in [1.54, 1.807) is 0 Å². The predicted molar refractivity (Wildman–Crippen MR) is 42.8 cm³/mol. The summed E-state index contributed by atoms with van der Waals surface area (Å²) in [4.78, 5) is 10.7. The smallest absolute Gasteiger partial charge is 0.460 e. The van der Waals surface area contributed by atoms with Gasteiger partial charge in [0.2, 0.25) is 5.76 Å². The van der Waals surface area contributed by atoms with E-state index in [-0.39, 0.29) is 6.61 Å². The van der Waals surface area contributed by atoms with Crippen molar-refractivity contribution in [3.63, 3.8) is 0 Å². The first-order valence-corrected chi connectivity index (χ1v) is 4.24. The number of carbonyl (C=O) groups excluding carboxylic acids is 1. The molecule has 106 valence electrons. The Morgan fingerprint density at radius 3 is 1.89 bits per heavy atom. The summed E-state index contributed by atoms with van der Waals surface area (Å²) in [6, 6.07) is 0. The number of hydrogen-bond donors (Lipinski definition) is 0. The van der Waals surface area contributed by atoms with Crippen LogP contribution in [0.3, 0.4) is 0 Å². The van der Waals surface area contributed by atoms with E-state index in [9.17, 15) is 35.5 Å². The van der Waals surface area contributed by atoms with Gasteiger partial charge in [-0.3, -0.25) is 0 Å². The molecule has 0 bridgehead atoms. The Hall–Kier alpha value is -1.48. The van der Waals surface area contributed by atoms with Crippen LogP contribution in [0.4, 0.5) is 30.7 Å². The maximum Gasteiger partial charge on any atom is 0.474 e. The molecule has 0 aliphatic rings. The SMILES string of the molecule is C=C(OC(F)(F)C(F)(F)C(F)(F)F)C(=O)OCC. The van der Waals surface area contributed by atoms with Gasteiger partial charge in [0.15, 0.2) is 0 Å². The van der Waals surface area contributed by atoms with Crippen molar-refractivity contribution >= 4 is 5.97 Å². The second-order valence-corrected chi connectivity index (χ2v) is 2.83. The third-order valence-electron chi connectivity index (χ3n) is 1.48. The number of halogens is 7. The minimum absolute atomic E-state index is 0.331. The summed E-state index contributed by atoms with van der Waals surface area (Å²) in [5.74, 6) is -9.81. The van der Waals surface area contributed by atoms with Gasteiger partial charge in [-0.2, -0.15) is 30.7 Å². The highest BCUT2D eigenvalue weighted by atomic mass is 19.4. The molecule has 0 unspecified atom stereocenters. The Bertz CT molecular complexity index is 334. The second kappa shape index (κ2) is 5.02. The van der Waals surface area contributed by atoms with Crippen molar-refractivity contribution in [3.05, 3.63) is 12.3 Å². The largest absolute Gasteiger partial charge is 0.474 e. The van der Waals surface area contributed by atoms with Crippen LogP contribution in [0.15, 0.2) is 12.3 Å². The molecule has 0 aromatic rings. The Balaban J connectivity index is 4.97. The van der Waals surface area contributed by atoms with Crippen LogP contribution in [-0.4, -0.2) is 30.8 Å². The Labute approximate surface area is 96.2 Å². The number of alkyl halides is 7. The fourth-order valence-electron chi connectivity index (χ4n) is 0.637. The van der Waals surface area contributed by atoms with Crippen molar-refractivity contribution in [1.29, 1.82) is 0 Å². The van der Waals surface area contributed by atoms with Gasteiger partial charge >= 0.3 is 24.2 Å². The van der Waals surface area contributed by atoms with Crippen LogP contribution in [0.25, 0.3) is 0 Å². The Morgan fingerprint density at radius 1 is 1.11 bits per heavy atom. The van der Waals surface area contributed by atoms with E-state index in [4.69, 9.17) is 0 Å². The van der Waals surface area contributed by atoms with Gasteiger partial charge in [-0.25, -0.2) is 4.79 Å². The number of ether oxygens (including phenoxy) is 2. The van der Waals surface area contributed by atoms with Crippen LogP contribution in [-0.2, 0) is 14.3 Å². The molecule has 0 radical (unpaired) electrons. The van der Waals surface area contributed by atoms with Crippen LogP contribution >= 0.6 is 0 Å². The summed E-state index contributed by atoms with van der Waals surface area (Å²) >= 11 is 0. The summed E-state index contributed by atoms with van der Waals surface area (Å²) < 4.78 is 91.8. The van der Waals surface area contributed by atoms with Crippen molar-refractivity contribution in [3.8, 4) is 0 Å². The van der Waals surface area contributed by atoms with Crippen LogP contribution in [0.2, 0.25) is 0 Å². The van der Waals surface area contributed by atoms with E-state index in [0.717, 1.165) is 0 Å². The fraction of sp³-hybridized carbons (Fsp3) is 0.625. The molecular weight excluding hydrogens is 277 g/mol. The summed E-state index contributed by atoms with van der Waals surface area (Å²) in [6.07, 6.45) is -12.5. The quantitative estimate of drug-likeness (QED) is 0.337. The van der Waals surface area contributed by atoms with E-state index in [0.29, 0.717) is 0 Å². The van der Waals surface area contributed by atoms with Gasteiger partial charge in [-0.15, -0.1) is 0 Å². The Kier molecular flexibility index (Phi) is 4.61. The molecule has 0 heterocycles. The molecule has 0 rings (SSSR count). The van der Waals surface area contributed by atoms with Crippen LogP contribution in [0.1, 0.15) is 6.92 Å². The minimum atomic E-state index is -6.55. The zero-order chi connectivity index (χ0) is 14.8. The molecule has 10 heteroatoms. The molecule has 0 saturated heterocycles. The van der Waals surface area contributed by atoms with Crippen molar-refractivity contribution in [1.82, 2.24) is 0 Å². The lowest BCUT2D eigenvalue weighted by atomic mass is 10.3. The molecule has 0 spiro atoms. The van der Waals surface area contributed by atoms with Crippen molar-refractivity contribution in [2.75, 3.05) is 6.61 Å². The van der Waals surface area contributed by atoms with Gasteiger partial charge in [-0.1, -0.05) is 0 Å². The lowest BCUT2D eigenvalue weighted by Crippen LogP contribution is -2.53. The normalized spacial score (nSPS) is 13.1. The van der Waals surface area contributed by atoms with Gasteiger partial charge in [0.25, 0.3) is 0 Å². The summed E-state index contributed by atoms with van der Waals surface area (Å²) in [6.45, 7) is 3.39. The molecule has 0 amide bonds. The average molecular weight is 284 g/mol. The van der Waals surface area contributed by atoms with E-state index in [1.165, 1.54) is 6.92 Å². The summed E-state index contributed by atoms with van der Waals surface area (Å²) in [5, 5.41) is 0. The van der Waals surface area contributed by atoms with Gasteiger partial charge < -0.3 is 9.47 Å². The minimum Gasteiger partial charge on any atom is -0.460 e. The maximum atomic E-state index is 12.6. The topological polar surface area (TPSA) is 35.5 Å². The monoisotopic (exact) mass is 284 g/mol. The molecular formula is C8H7F7O3. The molecule has 18 heavy (non-hydrogen) atoms. The number of esters is 1. The van der Waals surface area contributed by atoms with Crippen molar-refractivity contribution in [2.45, 2.75) is 25.1 Å². The van der Waals surface area contributed by atoms with Gasteiger partial charge in [0.05, 0.1) is 6.61 Å². The second-order valence-electron chi connectivity index (χ2n) is 2.83.